The molecule has 0 radical (unpaired) electrons. The molecule has 0 aliphatic heterocycles. The van der Waals surface area contributed by atoms with Gasteiger partial charge in [0.25, 0.3) is 0 Å². The van der Waals surface area contributed by atoms with E-state index in [1.54, 1.807) is 0 Å². The van der Waals surface area contributed by atoms with Gasteiger partial charge in [0.05, 0.1) is 21.3 Å². The summed E-state index contributed by atoms with van der Waals surface area (Å²) in [6.07, 6.45) is 2.05. The number of fused-ring (bicyclic) bond motifs is 2. The Hall–Kier alpha value is -3.26. The van der Waals surface area contributed by atoms with Crippen molar-refractivity contribution in [2.75, 3.05) is 0 Å². The molecule has 0 bridgehead atoms. The second-order valence-electron chi connectivity index (χ2n) is 6.55. The highest BCUT2D eigenvalue weighted by molar-refractivity contribution is 7.22. The average Bonchev–Trinajstić information content (AvgIpc) is 3.29. The summed E-state index contributed by atoms with van der Waals surface area (Å²) in [6, 6.07) is 12.5. The average molecular weight is 397 g/mol. The molecular weight excluding hydrogens is 381 g/mol. The van der Waals surface area contributed by atoms with Gasteiger partial charge < -0.3 is 10.8 Å². The van der Waals surface area contributed by atoms with Gasteiger partial charge in [-0.05, 0) is 42.5 Å². The van der Waals surface area contributed by atoms with Crippen LogP contribution in [0.5, 0.6) is 0 Å². The SMILES string of the molecule is NC(=O)C1CC1.O=C(O)c1ccc2[nH]nc(-c3cc4ccccc4s3)c2c1F. The summed E-state index contributed by atoms with van der Waals surface area (Å²) < 4.78 is 15.6. The molecule has 2 heterocycles. The molecule has 2 aromatic heterocycles. The minimum absolute atomic E-state index is 0.130. The molecule has 142 valence electrons. The Bertz CT molecular complexity index is 1180. The predicted octanol–water partition coefficient (Wildman–Crippen LogP) is 4.16. The molecule has 5 rings (SSSR count). The number of hydrogen-bond donors (Lipinski definition) is 3. The number of nitrogens with one attached hydrogen (secondary N) is 1. The lowest BCUT2D eigenvalue weighted by Crippen LogP contribution is -2.11. The van der Waals surface area contributed by atoms with E-state index in [1.807, 2.05) is 30.3 Å². The number of carbonyl (C=O) groups is 2. The van der Waals surface area contributed by atoms with E-state index in [9.17, 15) is 14.0 Å². The van der Waals surface area contributed by atoms with Crippen molar-refractivity contribution in [3.05, 3.63) is 53.8 Å². The number of halogens is 1. The van der Waals surface area contributed by atoms with Crippen LogP contribution in [0.4, 0.5) is 4.39 Å². The molecule has 6 nitrogen and oxygen atoms in total. The number of aromatic carboxylic acids is 1. The number of hydrogen-bond acceptors (Lipinski definition) is 4. The van der Waals surface area contributed by atoms with Crippen molar-refractivity contribution >= 4 is 44.2 Å². The molecule has 0 atom stereocenters. The van der Waals surface area contributed by atoms with Gasteiger partial charge in [0, 0.05) is 10.6 Å². The molecule has 1 fully saturated rings. The Labute approximate surface area is 162 Å². The van der Waals surface area contributed by atoms with E-state index in [-0.39, 0.29) is 22.8 Å². The van der Waals surface area contributed by atoms with Crippen molar-refractivity contribution in [3.8, 4) is 10.6 Å². The molecule has 1 aliphatic rings. The molecule has 1 saturated carbocycles. The number of amides is 1. The fraction of sp³-hybridized carbons (Fsp3) is 0.150. The zero-order chi connectivity index (χ0) is 19.8. The number of thiophene rings is 1. The lowest BCUT2D eigenvalue weighted by atomic mass is 10.1. The molecule has 2 aromatic carbocycles. The topological polar surface area (TPSA) is 109 Å². The molecule has 1 aliphatic carbocycles. The largest absolute Gasteiger partial charge is 0.478 e. The van der Waals surface area contributed by atoms with Gasteiger partial charge in [-0.1, -0.05) is 18.2 Å². The first kappa shape index (κ1) is 18.1. The van der Waals surface area contributed by atoms with Crippen molar-refractivity contribution in [2.24, 2.45) is 11.7 Å². The maximum absolute atomic E-state index is 14.5. The fourth-order valence-corrected chi connectivity index (χ4v) is 3.94. The van der Waals surface area contributed by atoms with Gasteiger partial charge in [0.1, 0.15) is 11.5 Å². The minimum atomic E-state index is -1.29. The van der Waals surface area contributed by atoms with Crippen molar-refractivity contribution < 1.29 is 19.1 Å². The summed E-state index contributed by atoms with van der Waals surface area (Å²) in [5.41, 5.74) is 5.43. The number of aromatic nitrogens is 2. The van der Waals surface area contributed by atoms with E-state index in [4.69, 9.17) is 10.8 Å². The van der Waals surface area contributed by atoms with Crippen LogP contribution in [-0.2, 0) is 4.79 Å². The Morgan fingerprint density at radius 3 is 2.57 bits per heavy atom. The minimum Gasteiger partial charge on any atom is -0.478 e. The third-order valence-corrected chi connectivity index (χ3v) is 5.66. The molecule has 8 heteroatoms. The van der Waals surface area contributed by atoms with E-state index in [0.29, 0.717) is 11.2 Å². The molecule has 1 amide bonds. The third kappa shape index (κ3) is 3.34. The lowest BCUT2D eigenvalue weighted by Gasteiger charge is -1.99. The number of nitrogens with two attached hydrogens (primary N) is 1. The highest BCUT2D eigenvalue weighted by atomic mass is 32.1. The van der Waals surface area contributed by atoms with Gasteiger partial charge in [-0.3, -0.25) is 9.89 Å². The summed E-state index contributed by atoms with van der Waals surface area (Å²) in [4.78, 5) is 21.9. The zero-order valence-corrected chi connectivity index (χ0v) is 15.4. The molecule has 0 saturated heterocycles. The maximum atomic E-state index is 14.5. The molecular formula is C20H16FN3O3S. The number of benzene rings is 2. The number of nitrogens with zero attached hydrogens (tertiary/aromatic N) is 1. The number of rotatable bonds is 3. The molecule has 0 unspecified atom stereocenters. The van der Waals surface area contributed by atoms with Gasteiger partial charge in [-0.25, -0.2) is 9.18 Å². The lowest BCUT2D eigenvalue weighted by molar-refractivity contribution is -0.119. The number of carboxylic acids is 1. The number of carbonyl (C=O) groups excluding carboxylic acids is 1. The van der Waals surface area contributed by atoms with Gasteiger partial charge in [0.15, 0.2) is 0 Å². The van der Waals surface area contributed by atoms with E-state index in [0.717, 1.165) is 27.8 Å². The van der Waals surface area contributed by atoms with Crippen LogP contribution in [0.25, 0.3) is 31.6 Å². The Balaban J connectivity index is 0.000000275. The second kappa shape index (κ2) is 7.05. The second-order valence-corrected chi connectivity index (χ2v) is 7.64. The Morgan fingerprint density at radius 2 is 1.96 bits per heavy atom. The monoisotopic (exact) mass is 397 g/mol. The predicted molar refractivity (Wildman–Crippen MR) is 106 cm³/mol. The number of aromatic amines is 1. The highest BCUT2D eigenvalue weighted by Crippen LogP contribution is 2.37. The van der Waals surface area contributed by atoms with Gasteiger partial charge >= 0.3 is 5.97 Å². The van der Waals surface area contributed by atoms with Crippen LogP contribution < -0.4 is 5.73 Å². The van der Waals surface area contributed by atoms with E-state index < -0.39 is 11.8 Å². The third-order valence-electron chi connectivity index (χ3n) is 4.54. The van der Waals surface area contributed by atoms with Gasteiger partial charge in [-0.15, -0.1) is 11.3 Å². The van der Waals surface area contributed by atoms with E-state index in [1.165, 1.54) is 23.5 Å². The number of carboxylic acid groups (broad SMARTS) is 1. The summed E-state index contributed by atoms with van der Waals surface area (Å²) in [6.45, 7) is 0. The van der Waals surface area contributed by atoms with Crippen LogP contribution in [0.15, 0.2) is 42.5 Å². The van der Waals surface area contributed by atoms with Crippen LogP contribution >= 0.6 is 11.3 Å². The fourth-order valence-electron chi connectivity index (χ4n) is 2.88. The summed E-state index contributed by atoms with van der Waals surface area (Å²) in [5.74, 6) is -1.94. The van der Waals surface area contributed by atoms with Crippen LogP contribution in [0.2, 0.25) is 0 Å². The summed E-state index contributed by atoms with van der Waals surface area (Å²) in [7, 11) is 0. The highest BCUT2D eigenvalue weighted by Gasteiger charge is 2.26. The molecule has 4 N–H and O–H groups in total. The van der Waals surface area contributed by atoms with E-state index in [2.05, 4.69) is 10.2 Å². The molecule has 4 aromatic rings. The Morgan fingerprint density at radius 1 is 1.21 bits per heavy atom. The maximum Gasteiger partial charge on any atom is 0.338 e. The first-order valence-electron chi connectivity index (χ1n) is 8.64. The normalized spacial score (nSPS) is 13.3. The zero-order valence-electron chi connectivity index (χ0n) is 14.6. The van der Waals surface area contributed by atoms with Crippen LogP contribution in [-0.4, -0.2) is 27.2 Å². The first-order valence-corrected chi connectivity index (χ1v) is 9.45. The van der Waals surface area contributed by atoms with Gasteiger partial charge in [-0.2, -0.15) is 5.10 Å². The molecule has 28 heavy (non-hydrogen) atoms. The van der Waals surface area contributed by atoms with Crippen LogP contribution in [0.3, 0.4) is 0 Å². The van der Waals surface area contributed by atoms with Crippen molar-refractivity contribution in [2.45, 2.75) is 12.8 Å². The van der Waals surface area contributed by atoms with Gasteiger partial charge in [0.2, 0.25) is 5.91 Å². The number of H-pyrrole nitrogens is 1. The van der Waals surface area contributed by atoms with E-state index >= 15 is 0 Å². The van der Waals surface area contributed by atoms with Crippen molar-refractivity contribution in [1.29, 1.82) is 0 Å². The summed E-state index contributed by atoms with van der Waals surface area (Å²) in [5, 5.41) is 17.3. The standard InChI is InChI=1S/C16H9FN2O2S.C4H7NO/c17-14-9(16(20)21)5-6-10-13(14)15(19-18-10)12-7-8-3-1-2-4-11(8)22-12;5-4(6)3-1-2-3/h1-7H,(H,18,19)(H,20,21);3H,1-2H2,(H2,5,6). The molecule has 0 spiro atoms. The van der Waals surface area contributed by atoms with Crippen molar-refractivity contribution in [3.63, 3.8) is 0 Å². The number of primary amides is 1. The quantitative estimate of drug-likeness (QED) is 0.482. The first-order chi connectivity index (χ1) is 13.5. The summed E-state index contributed by atoms with van der Waals surface area (Å²) >= 11 is 1.50. The Kier molecular flexibility index (Phi) is 4.56. The van der Waals surface area contributed by atoms with Crippen LogP contribution in [0.1, 0.15) is 23.2 Å². The van der Waals surface area contributed by atoms with Crippen molar-refractivity contribution in [1.82, 2.24) is 10.2 Å². The smallest absolute Gasteiger partial charge is 0.338 e. The van der Waals surface area contributed by atoms with Crippen LogP contribution in [0, 0.1) is 11.7 Å².